The number of hydrogen-bond donors (Lipinski definition) is 1. The van der Waals surface area contributed by atoms with E-state index in [-0.39, 0.29) is 5.78 Å². The van der Waals surface area contributed by atoms with E-state index in [1.807, 2.05) is 18.2 Å². The van der Waals surface area contributed by atoms with Gasteiger partial charge in [-0.05, 0) is 44.2 Å². The molecule has 0 saturated heterocycles. The molecule has 1 aromatic carbocycles. The van der Waals surface area contributed by atoms with Gasteiger partial charge in [0, 0.05) is 29.9 Å². The van der Waals surface area contributed by atoms with Crippen LogP contribution in [0.2, 0.25) is 0 Å². The second kappa shape index (κ2) is 6.20. The molecule has 112 valence electrons. The van der Waals surface area contributed by atoms with Crippen LogP contribution in [0.5, 0.6) is 11.5 Å². The van der Waals surface area contributed by atoms with Gasteiger partial charge in [0.05, 0.1) is 13.2 Å². The molecule has 0 aromatic heterocycles. The molecule has 0 atom stereocenters. The van der Waals surface area contributed by atoms with E-state index in [1.54, 1.807) is 13.2 Å². The second-order valence-electron chi connectivity index (χ2n) is 5.65. The highest BCUT2D eigenvalue weighted by Gasteiger charge is 2.19. The first-order valence-corrected chi connectivity index (χ1v) is 7.60. The molecule has 0 spiro atoms. The summed E-state index contributed by atoms with van der Waals surface area (Å²) < 4.78 is 11.4. The molecule has 0 amide bonds. The van der Waals surface area contributed by atoms with E-state index in [9.17, 15) is 4.79 Å². The van der Waals surface area contributed by atoms with Crippen LogP contribution in [0.15, 0.2) is 30.0 Å². The molecule has 2 aliphatic carbocycles. The summed E-state index contributed by atoms with van der Waals surface area (Å²) in [5.74, 6) is 1.72. The van der Waals surface area contributed by atoms with Gasteiger partial charge in [-0.3, -0.25) is 4.79 Å². The minimum atomic E-state index is 0.188. The molecule has 0 heterocycles. The Morgan fingerprint density at radius 2 is 1.95 bits per heavy atom. The van der Waals surface area contributed by atoms with Crippen LogP contribution in [0.25, 0.3) is 0 Å². The molecule has 0 radical (unpaired) electrons. The number of allylic oxidation sites excluding steroid dienone is 2. The lowest BCUT2D eigenvalue weighted by atomic mass is 10.2. The molecule has 1 N–H and O–H groups in total. The van der Waals surface area contributed by atoms with Crippen LogP contribution in [0.3, 0.4) is 0 Å². The third kappa shape index (κ3) is 3.38. The monoisotopic (exact) mass is 287 g/mol. The average Bonchev–Trinajstić information content (AvgIpc) is 3.11. The lowest BCUT2D eigenvalue weighted by Gasteiger charge is -2.17. The lowest BCUT2D eigenvalue weighted by Crippen LogP contribution is -2.11. The topological polar surface area (TPSA) is 47.6 Å². The number of carbonyl (C=O) groups excluding carboxylic acids is 1. The van der Waals surface area contributed by atoms with Crippen molar-refractivity contribution >= 4 is 11.5 Å². The first-order chi connectivity index (χ1) is 10.2. The van der Waals surface area contributed by atoms with Gasteiger partial charge in [-0.1, -0.05) is 0 Å². The number of nitrogens with one attached hydrogen (secondary N) is 1. The third-order valence-electron chi connectivity index (χ3n) is 4.04. The number of benzene rings is 1. The van der Waals surface area contributed by atoms with Crippen LogP contribution in [0.4, 0.5) is 5.69 Å². The first-order valence-electron chi connectivity index (χ1n) is 7.60. The Morgan fingerprint density at radius 3 is 2.62 bits per heavy atom. The molecule has 0 bridgehead atoms. The number of ketones is 1. The Morgan fingerprint density at radius 1 is 1.14 bits per heavy atom. The average molecular weight is 287 g/mol. The number of anilines is 1. The molecule has 4 nitrogen and oxygen atoms in total. The normalized spacial score (nSPS) is 18.7. The summed E-state index contributed by atoms with van der Waals surface area (Å²) >= 11 is 0. The van der Waals surface area contributed by atoms with Gasteiger partial charge in [-0.2, -0.15) is 0 Å². The number of methoxy groups -OCH3 is 1. The molecule has 0 aliphatic heterocycles. The Hall–Kier alpha value is -1.97. The molecular formula is C17H21NO3. The van der Waals surface area contributed by atoms with Crippen molar-refractivity contribution < 1.29 is 14.3 Å². The molecule has 1 fully saturated rings. The fraction of sp³-hybridized carbons (Fsp3) is 0.471. The van der Waals surface area contributed by atoms with Gasteiger partial charge in [0.1, 0.15) is 0 Å². The van der Waals surface area contributed by atoms with Crippen LogP contribution in [-0.2, 0) is 4.79 Å². The summed E-state index contributed by atoms with van der Waals surface area (Å²) in [6.45, 7) is 0. The van der Waals surface area contributed by atoms with Gasteiger partial charge >= 0.3 is 0 Å². The summed E-state index contributed by atoms with van der Waals surface area (Å²) in [7, 11) is 1.65. The fourth-order valence-electron chi connectivity index (χ4n) is 2.91. The largest absolute Gasteiger partial charge is 0.493 e. The van der Waals surface area contributed by atoms with Crippen molar-refractivity contribution in [2.45, 2.75) is 44.6 Å². The van der Waals surface area contributed by atoms with Crippen LogP contribution in [0, 0.1) is 0 Å². The molecule has 0 unspecified atom stereocenters. The zero-order chi connectivity index (χ0) is 14.7. The Balaban J connectivity index is 1.75. The standard InChI is InChI=1S/C17H21NO3/c1-20-16-9-7-13(18-12-6-8-14(19)10-12)11-17(16)21-15-4-2-3-5-15/h7,9-11,15,18H,2-6,8H2,1H3. The summed E-state index contributed by atoms with van der Waals surface area (Å²) in [4.78, 5) is 11.3. The molecule has 1 saturated carbocycles. The van der Waals surface area contributed by atoms with Crippen molar-refractivity contribution in [2.24, 2.45) is 0 Å². The van der Waals surface area contributed by atoms with Crippen LogP contribution in [-0.4, -0.2) is 19.0 Å². The van der Waals surface area contributed by atoms with Gasteiger partial charge in [0.25, 0.3) is 0 Å². The molecule has 1 aromatic rings. The molecule has 21 heavy (non-hydrogen) atoms. The highest BCUT2D eigenvalue weighted by Crippen LogP contribution is 2.34. The SMILES string of the molecule is COc1ccc(NC2=CC(=O)CC2)cc1OC1CCCC1. The summed E-state index contributed by atoms with van der Waals surface area (Å²) in [6.07, 6.45) is 8.05. The third-order valence-corrected chi connectivity index (χ3v) is 4.04. The summed E-state index contributed by atoms with van der Waals surface area (Å²) in [5.41, 5.74) is 1.90. The van der Waals surface area contributed by atoms with E-state index in [4.69, 9.17) is 9.47 Å². The summed E-state index contributed by atoms with van der Waals surface area (Å²) in [5, 5.41) is 3.29. The number of hydrogen-bond acceptors (Lipinski definition) is 4. The predicted octanol–water partition coefficient (Wildman–Crippen LogP) is 3.68. The van der Waals surface area contributed by atoms with Crippen molar-refractivity contribution in [1.82, 2.24) is 0 Å². The van der Waals surface area contributed by atoms with E-state index in [2.05, 4.69) is 5.32 Å². The smallest absolute Gasteiger partial charge is 0.163 e. The van der Waals surface area contributed by atoms with Crippen molar-refractivity contribution in [2.75, 3.05) is 12.4 Å². The van der Waals surface area contributed by atoms with Crippen LogP contribution in [0.1, 0.15) is 38.5 Å². The van der Waals surface area contributed by atoms with Crippen molar-refractivity contribution in [3.63, 3.8) is 0 Å². The first kappa shape index (κ1) is 14.0. The van der Waals surface area contributed by atoms with Crippen molar-refractivity contribution in [3.8, 4) is 11.5 Å². The van der Waals surface area contributed by atoms with Gasteiger partial charge in [0.15, 0.2) is 17.3 Å². The second-order valence-corrected chi connectivity index (χ2v) is 5.65. The highest BCUT2D eigenvalue weighted by atomic mass is 16.5. The number of ether oxygens (including phenoxy) is 2. The van der Waals surface area contributed by atoms with Crippen molar-refractivity contribution in [3.05, 3.63) is 30.0 Å². The van der Waals surface area contributed by atoms with Crippen LogP contribution < -0.4 is 14.8 Å². The quantitative estimate of drug-likeness (QED) is 0.897. The zero-order valence-corrected chi connectivity index (χ0v) is 12.4. The van der Waals surface area contributed by atoms with Gasteiger partial charge < -0.3 is 14.8 Å². The molecule has 2 aliphatic rings. The maximum absolute atomic E-state index is 11.3. The maximum Gasteiger partial charge on any atom is 0.163 e. The Labute approximate surface area is 125 Å². The minimum Gasteiger partial charge on any atom is -0.493 e. The zero-order valence-electron chi connectivity index (χ0n) is 12.4. The lowest BCUT2D eigenvalue weighted by molar-refractivity contribution is -0.114. The van der Waals surface area contributed by atoms with E-state index in [0.717, 1.165) is 42.1 Å². The van der Waals surface area contributed by atoms with Gasteiger partial charge in [-0.25, -0.2) is 0 Å². The number of carbonyl (C=O) groups is 1. The van der Waals surface area contributed by atoms with Crippen molar-refractivity contribution in [1.29, 1.82) is 0 Å². The molecule has 3 rings (SSSR count). The predicted molar refractivity (Wildman–Crippen MR) is 81.8 cm³/mol. The van der Waals surface area contributed by atoms with Gasteiger partial charge in [0.2, 0.25) is 0 Å². The Kier molecular flexibility index (Phi) is 4.13. The van der Waals surface area contributed by atoms with E-state index < -0.39 is 0 Å². The highest BCUT2D eigenvalue weighted by molar-refractivity contribution is 5.93. The van der Waals surface area contributed by atoms with E-state index >= 15 is 0 Å². The van der Waals surface area contributed by atoms with E-state index in [1.165, 1.54) is 12.8 Å². The maximum atomic E-state index is 11.3. The number of rotatable bonds is 5. The molecular weight excluding hydrogens is 266 g/mol. The van der Waals surface area contributed by atoms with Gasteiger partial charge in [-0.15, -0.1) is 0 Å². The minimum absolute atomic E-state index is 0.188. The molecule has 4 heteroatoms. The van der Waals surface area contributed by atoms with Crippen LogP contribution >= 0.6 is 0 Å². The summed E-state index contributed by atoms with van der Waals surface area (Å²) in [6, 6.07) is 5.81. The van der Waals surface area contributed by atoms with E-state index in [0.29, 0.717) is 12.5 Å². The fourth-order valence-corrected chi connectivity index (χ4v) is 2.91. The Bertz CT molecular complexity index is 559.